The van der Waals surface area contributed by atoms with E-state index in [-0.39, 0.29) is 17.0 Å². The Kier molecular flexibility index (Phi) is 9.65. The molecular weight excluding hydrogens is 444 g/mol. The Hall–Kier alpha value is -2.00. The monoisotopic (exact) mass is 486 g/mol. The van der Waals surface area contributed by atoms with Crippen molar-refractivity contribution >= 4 is 17.6 Å². The molecule has 0 bridgehead atoms. The van der Waals surface area contributed by atoms with Crippen LogP contribution in [0.1, 0.15) is 100 Å². The third kappa shape index (κ3) is 7.50. The summed E-state index contributed by atoms with van der Waals surface area (Å²) in [6.45, 7) is 19.0. The Labute approximate surface area is 211 Å². The zero-order chi connectivity index (χ0) is 25.8. The zero-order valence-corrected chi connectivity index (χ0v) is 23.3. The number of phenols is 1. The highest BCUT2D eigenvalue weighted by Crippen LogP contribution is 2.37. The summed E-state index contributed by atoms with van der Waals surface area (Å²) in [5, 5.41) is 10.9. The summed E-state index contributed by atoms with van der Waals surface area (Å²) in [6.07, 6.45) is 2.44. The second-order valence-corrected chi connectivity index (χ2v) is 12.1. The number of hydrogen-bond donors (Lipinski definition) is 1. The molecule has 4 heteroatoms. The fraction of sp³-hybridized carbons (Fsp3) is 0.567. The van der Waals surface area contributed by atoms with E-state index in [0.717, 1.165) is 35.1 Å². The number of phenolic OH excluding ortho intramolecular Hbond substituents is 1. The van der Waals surface area contributed by atoms with Crippen LogP contribution in [0.15, 0.2) is 24.3 Å². The predicted octanol–water partition coefficient (Wildman–Crippen LogP) is 8.24. The number of esters is 1. The first-order chi connectivity index (χ1) is 15.7. The quantitative estimate of drug-likeness (QED) is 0.220. The molecule has 2 rings (SSSR count). The molecule has 1 N–H and O–H groups in total. The minimum atomic E-state index is -0.413. The van der Waals surface area contributed by atoms with Crippen molar-refractivity contribution in [3.8, 4) is 11.5 Å². The van der Waals surface area contributed by atoms with E-state index in [1.807, 2.05) is 20.8 Å². The van der Waals surface area contributed by atoms with Gasteiger partial charge in [-0.15, -0.1) is 11.6 Å². The molecule has 2 aromatic carbocycles. The lowest BCUT2D eigenvalue weighted by atomic mass is 9.83. The molecule has 0 saturated heterocycles. The van der Waals surface area contributed by atoms with Crippen LogP contribution in [0.25, 0.3) is 0 Å². The molecule has 0 radical (unpaired) electrons. The summed E-state index contributed by atoms with van der Waals surface area (Å²) in [5.41, 5.74) is 4.77. The number of carbonyl (C=O) groups excluding carboxylic acids is 1. The van der Waals surface area contributed by atoms with Crippen LogP contribution >= 0.6 is 11.6 Å². The number of aromatic hydroxyl groups is 1. The molecule has 0 aliphatic rings. The summed E-state index contributed by atoms with van der Waals surface area (Å²) < 4.78 is 6.08. The Balaban J connectivity index is 2.57. The molecular formula is C30H43ClO3. The predicted molar refractivity (Wildman–Crippen MR) is 143 cm³/mol. The maximum atomic E-state index is 13.5. The Morgan fingerprint density at radius 2 is 1.38 bits per heavy atom. The van der Waals surface area contributed by atoms with Crippen LogP contribution in [0.5, 0.6) is 11.5 Å². The lowest BCUT2D eigenvalue weighted by molar-refractivity contribution is 0.0731. The Morgan fingerprint density at radius 3 is 1.88 bits per heavy atom. The van der Waals surface area contributed by atoms with Crippen molar-refractivity contribution in [2.75, 3.05) is 0 Å². The van der Waals surface area contributed by atoms with Crippen molar-refractivity contribution in [2.45, 2.75) is 92.9 Å². The van der Waals surface area contributed by atoms with Gasteiger partial charge in [0, 0.05) is 11.1 Å². The molecule has 0 spiro atoms. The van der Waals surface area contributed by atoms with Gasteiger partial charge in [-0.3, -0.25) is 0 Å². The molecule has 2 aromatic rings. The van der Waals surface area contributed by atoms with E-state index in [4.69, 9.17) is 16.3 Å². The van der Waals surface area contributed by atoms with Crippen LogP contribution in [0.2, 0.25) is 0 Å². The molecule has 0 unspecified atom stereocenters. The van der Waals surface area contributed by atoms with E-state index < -0.39 is 5.97 Å². The van der Waals surface area contributed by atoms with Gasteiger partial charge in [-0.1, -0.05) is 74.4 Å². The lowest BCUT2D eigenvalue weighted by Crippen LogP contribution is -2.17. The van der Waals surface area contributed by atoms with Crippen molar-refractivity contribution in [1.29, 1.82) is 0 Å². The number of alkyl halides is 1. The first kappa shape index (κ1) is 28.2. The maximum absolute atomic E-state index is 13.5. The van der Waals surface area contributed by atoms with Crippen LogP contribution in [-0.4, -0.2) is 11.1 Å². The highest BCUT2D eigenvalue weighted by molar-refractivity contribution is 6.17. The lowest BCUT2D eigenvalue weighted by Gasteiger charge is -2.24. The van der Waals surface area contributed by atoms with Crippen LogP contribution in [0.3, 0.4) is 0 Å². The van der Waals surface area contributed by atoms with Crippen LogP contribution in [-0.2, 0) is 30.6 Å². The molecule has 0 atom stereocenters. The number of hydrogen-bond acceptors (Lipinski definition) is 3. The number of ether oxygens (including phenoxy) is 1. The van der Waals surface area contributed by atoms with E-state index in [1.165, 1.54) is 5.56 Å². The standard InChI is InChI=1S/C30H43ClO3/c1-18(2)10-21-13-23(12-20(5)6)28(25(14-21)17-31)34-29(33)24-15-22(11-19(3)4)27(32)26(16-24)30(7,8)9/h13-16,18-20,32H,10-12,17H2,1-9H3. The van der Waals surface area contributed by atoms with Gasteiger partial charge in [-0.2, -0.15) is 0 Å². The first-order valence-electron chi connectivity index (χ1n) is 12.5. The molecule has 0 aliphatic heterocycles. The van der Waals surface area contributed by atoms with Crippen molar-refractivity contribution in [1.82, 2.24) is 0 Å². The van der Waals surface area contributed by atoms with Crippen LogP contribution < -0.4 is 4.74 Å². The summed E-state index contributed by atoms with van der Waals surface area (Å²) in [6, 6.07) is 7.79. The molecule has 0 aliphatic carbocycles. The van der Waals surface area contributed by atoms with E-state index in [2.05, 4.69) is 53.7 Å². The van der Waals surface area contributed by atoms with Gasteiger partial charge in [0.2, 0.25) is 0 Å². The number of benzene rings is 2. The van der Waals surface area contributed by atoms with E-state index in [0.29, 0.717) is 35.5 Å². The summed E-state index contributed by atoms with van der Waals surface area (Å²) in [4.78, 5) is 13.5. The highest BCUT2D eigenvalue weighted by atomic mass is 35.5. The van der Waals surface area contributed by atoms with Crippen molar-refractivity contribution in [2.24, 2.45) is 17.8 Å². The summed E-state index contributed by atoms with van der Waals surface area (Å²) in [7, 11) is 0. The van der Waals surface area contributed by atoms with Crippen LogP contribution in [0.4, 0.5) is 0 Å². The van der Waals surface area contributed by atoms with E-state index >= 15 is 0 Å². The van der Waals surface area contributed by atoms with Crippen molar-refractivity contribution < 1.29 is 14.6 Å². The minimum absolute atomic E-state index is 0.276. The van der Waals surface area contributed by atoms with Gasteiger partial charge in [0.15, 0.2) is 0 Å². The number of carbonyl (C=O) groups is 1. The maximum Gasteiger partial charge on any atom is 0.343 e. The Bertz CT molecular complexity index is 997. The minimum Gasteiger partial charge on any atom is -0.507 e. The fourth-order valence-electron chi connectivity index (χ4n) is 4.37. The fourth-order valence-corrected chi connectivity index (χ4v) is 4.57. The second kappa shape index (κ2) is 11.6. The van der Waals surface area contributed by atoms with Crippen LogP contribution in [0, 0.1) is 17.8 Å². The third-order valence-corrected chi connectivity index (χ3v) is 6.06. The third-order valence-electron chi connectivity index (χ3n) is 5.77. The molecule has 3 nitrogen and oxygen atoms in total. The van der Waals surface area contributed by atoms with Gasteiger partial charge in [-0.25, -0.2) is 4.79 Å². The van der Waals surface area contributed by atoms with Gasteiger partial charge in [0.1, 0.15) is 11.5 Å². The normalized spacial score (nSPS) is 12.1. The van der Waals surface area contributed by atoms with Gasteiger partial charge < -0.3 is 9.84 Å². The van der Waals surface area contributed by atoms with Crippen molar-refractivity contribution in [3.05, 3.63) is 57.6 Å². The molecule has 188 valence electrons. The largest absolute Gasteiger partial charge is 0.507 e. The second-order valence-electron chi connectivity index (χ2n) is 11.8. The molecule has 0 heterocycles. The van der Waals surface area contributed by atoms with E-state index in [9.17, 15) is 9.90 Å². The highest BCUT2D eigenvalue weighted by Gasteiger charge is 2.25. The molecule has 0 amide bonds. The first-order valence-corrected chi connectivity index (χ1v) is 13.1. The number of halogens is 1. The van der Waals surface area contributed by atoms with E-state index in [1.54, 1.807) is 12.1 Å². The Morgan fingerprint density at radius 1 is 0.853 bits per heavy atom. The smallest absolute Gasteiger partial charge is 0.343 e. The topological polar surface area (TPSA) is 46.5 Å². The SMILES string of the molecule is CC(C)Cc1cc(CCl)c(OC(=O)c2cc(CC(C)C)c(O)c(C(C)(C)C)c2)c(CC(C)C)c1. The summed E-state index contributed by atoms with van der Waals surface area (Å²) in [5.74, 6) is 2.00. The van der Waals surface area contributed by atoms with Gasteiger partial charge in [0.05, 0.1) is 11.4 Å². The van der Waals surface area contributed by atoms with Crippen molar-refractivity contribution in [3.63, 3.8) is 0 Å². The molecule has 0 aromatic heterocycles. The van der Waals surface area contributed by atoms with Gasteiger partial charge in [-0.05, 0) is 71.3 Å². The molecule has 0 fully saturated rings. The molecule has 34 heavy (non-hydrogen) atoms. The van der Waals surface area contributed by atoms with Gasteiger partial charge in [0.25, 0.3) is 0 Å². The van der Waals surface area contributed by atoms with Gasteiger partial charge >= 0.3 is 5.97 Å². The average molecular weight is 487 g/mol. The molecule has 0 saturated carbocycles. The summed E-state index contributed by atoms with van der Waals surface area (Å²) >= 11 is 6.34. The average Bonchev–Trinajstić information content (AvgIpc) is 2.68. The number of rotatable bonds is 9. The zero-order valence-electron chi connectivity index (χ0n) is 22.5.